The standard InChI is InChI=1S/C28H37N5O3/c1-19-16-32(17-20(2)36-19)28(35)27-23-9-5-11-25(23)33(29-27)18-26(34)31-14-12-30(13-15-31)24-10-4-7-21-6-3-8-22(21)24/h4,7,10,19-20H,3,5-6,8-9,11-18H2,1-2H3/t19-,20+. The topological polar surface area (TPSA) is 70.9 Å². The first-order valence-electron chi connectivity index (χ1n) is 13.6. The molecule has 8 nitrogen and oxygen atoms in total. The summed E-state index contributed by atoms with van der Waals surface area (Å²) in [5, 5.41) is 4.72. The zero-order valence-corrected chi connectivity index (χ0v) is 21.5. The summed E-state index contributed by atoms with van der Waals surface area (Å²) in [6.45, 7) is 8.55. The number of carbonyl (C=O) groups is 2. The van der Waals surface area contributed by atoms with Crippen molar-refractivity contribution in [2.75, 3.05) is 44.2 Å². The molecule has 0 spiro atoms. The normalized spacial score (nSPS) is 23.7. The molecule has 0 radical (unpaired) electrons. The maximum Gasteiger partial charge on any atom is 0.274 e. The van der Waals surface area contributed by atoms with Crippen LogP contribution < -0.4 is 4.90 Å². The van der Waals surface area contributed by atoms with E-state index in [0.29, 0.717) is 18.8 Å². The smallest absolute Gasteiger partial charge is 0.274 e. The Morgan fingerprint density at radius 2 is 1.64 bits per heavy atom. The molecule has 36 heavy (non-hydrogen) atoms. The van der Waals surface area contributed by atoms with Gasteiger partial charge in [0.15, 0.2) is 5.69 Å². The lowest BCUT2D eigenvalue weighted by atomic mass is 10.1. The molecule has 3 heterocycles. The minimum absolute atomic E-state index is 0.0185. The molecule has 6 rings (SSSR count). The first kappa shape index (κ1) is 23.5. The van der Waals surface area contributed by atoms with Crippen molar-refractivity contribution in [3.8, 4) is 0 Å². The quantitative estimate of drug-likeness (QED) is 0.657. The maximum absolute atomic E-state index is 13.4. The first-order valence-corrected chi connectivity index (χ1v) is 13.6. The molecule has 2 aromatic rings. The lowest BCUT2D eigenvalue weighted by Gasteiger charge is -2.37. The van der Waals surface area contributed by atoms with Gasteiger partial charge in [-0.1, -0.05) is 12.1 Å². The summed E-state index contributed by atoms with van der Waals surface area (Å²) in [4.78, 5) is 33.0. The van der Waals surface area contributed by atoms with Crippen LogP contribution in [0.5, 0.6) is 0 Å². The number of anilines is 1. The minimum Gasteiger partial charge on any atom is -0.372 e. The number of piperazine rings is 1. The van der Waals surface area contributed by atoms with Gasteiger partial charge in [-0.2, -0.15) is 5.10 Å². The van der Waals surface area contributed by atoms with Crippen molar-refractivity contribution in [3.63, 3.8) is 0 Å². The van der Waals surface area contributed by atoms with Crippen molar-refractivity contribution >= 4 is 17.5 Å². The fourth-order valence-electron chi connectivity index (χ4n) is 6.63. The van der Waals surface area contributed by atoms with Gasteiger partial charge in [0.25, 0.3) is 5.91 Å². The third kappa shape index (κ3) is 4.29. The molecule has 2 aliphatic heterocycles. The summed E-state index contributed by atoms with van der Waals surface area (Å²) in [5.41, 5.74) is 7.01. The second-order valence-corrected chi connectivity index (χ2v) is 10.9. The summed E-state index contributed by atoms with van der Waals surface area (Å²) in [6.07, 6.45) is 6.38. The number of aryl methyl sites for hydroxylation is 1. The van der Waals surface area contributed by atoms with Gasteiger partial charge in [-0.25, -0.2) is 0 Å². The van der Waals surface area contributed by atoms with Crippen LogP contribution in [0.4, 0.5) is 5.69 Å². The number of benzene rings is 1. The number of hydrogen-bond acceptors (Lipinski definition) is 5. The Hall–Kier alpha value is -2.87. The fraction of sp³-hybridized carbons (Fsp3) is 0.607. The highest BCUT2D eigenvalue weighted by molar-refractivity contribution is 5.94. The SMILES string of the molecule is C[C@@H]1CN(C(=O)c2nn(CC(=O)N3CCN(c4cccc5c4CCC5)CC3)c3c2CCC3)C[C@H](C)O1. The lowest BCUT2D eigenvalue weighted by Crippen LogP contribution is -2.50. The summed E-state index contributed by atoms with van der Waals surface area (Å²) in [6, 6.07) is 6.67. The molecule has 0 bridgehead atoms. The van der Waals surface area contributed by atoms with Crippen LogP contribution >= 0.6 is 0 Å². The average molecular weight is 492 g/mol. The number of aromatic nitrogens is 2. The minimum atomic E-state index is -0.0228. The number of amides is 2. The number of rotatable bonds is 4. The second-order valence-electron chi connectivity index (χ2n) is 10.9. The van der Waals surface area contributed by atoms with Crippen molar-refractivity contribution < 1.29 is 14.3 Å². The molecule has 2 amide bonds. The van der Waals surface area contributed by atoms with Crippen LogP contribution in [-0.2, 0) is 41.8 Å². The van der Waals surface area contributed by atoms with Gasteiger partial charge in [-0.05, 0) is 69.6 Å². The van der Waals surface area contributed by atoms with E-state index in [1.807, 2.05) is 28.3 Å². The third-order valence-corrected chi connectivity index (χ3v) is 8.30. The van der Waals surface area contributed by atoms with Crippen LogP contribution in [0.2, 0.25) is 0 Å². The van der Waals surface area contributed by atoms with Crippen LogP contribution in [0.15, 0.2) is 18.2 Å². The molecule has 2 aliphatic carbocycles. The van der Waals surface area contributed by atoms with Crippen molar-refractivity contribution in [2.24, 2.45) is 0 Å². The van der Waals surface area contributed by atoms with Gasteiger partial charge in [0.1, 0.15) is 6.54 Å². The summed E-state index contributed by atoms with van der Waals surface area (Å²) < 4.78 is 7.63. The van der Waals surface area contributed by atoms with E-state index in [-0.39, 0.29) is 30.6 Å². The number of ether oxygens (including phenoxy) is 1. The van der Waals surface area contributed by atoms with Gasteiger partial charge in [0.2, 0.25) is 5.91 Å². The van der Waals surface area contributed by atoms with E-state index in [9.17, 15) is 9.59 Å². The van der Waals surface area contributed by atoms with E-state index < -0.39 is 0 Å². The first-order chi connectivity index (χ1) is 17.5. The Labute approximate surface area is 213 Å². The van der Waals surface area contributed by atoms with E-state index in [1.165, 1.54) is 36.1 Å². The number of fused-ring (bicyclic) bond motifs is 2. The summed E-state index contributed by atoms with van der Waals surface area (Å²) in [7, 11) is 0. The van der Waals surface area contributed by atoms with Crippen LogP contribution in [0, 0.1) is 0 Å². The number of nitrogens with zero attached hydrogens (tertiary/aromatic N) is 5. The van der Waals surface area contributed by atoms with Gasteiger partial charge >= 0.3 is 0 Å². The Kier molecular flexibility index (Phi) is 6.23. The Balaban J connectivity index is 1.12. The van der Waals surface area contributed by atoms with Crippen molar-refractivity contribution in [1.29, 1.82) is 0 Å². The maximum atomic E-state index is 13.4. The largest absolute Gasteiger partial charge is 0.372 e. The van der Waals surface area contributed by atoms with Crippen molar-refractivity contribution in [3.05, 3.63) is 46.3 Å². The molecule has 4 aliphatic rings. The number of morpholine rings is 1. The summed E-state index contributed by atoms with van der Waals surface area (Å²) >= 11 is 0. The second kappa shape index (κ2) is 9.54. The van der Waals surface area contributed by atoms with E-state index >= 15 is 0 Å². The number of hydrogen-bond donors (Lipinski definition) is 0. The molecule has 0 saturated carbocycles. The zero-order chi connectivity index (χ0) is 24.8. The molecule has 192 valence electrons. The molecule has 2 saturated heterocycles. The monoisotopic (exact) mass is 491 g/mol. The van der Waals surface area contributed by atoms with Crippen molar-refractivity contribution in [2.45, 2.75) is 71.1 Å². The molecule has 0 unspecified atom stereocenters. The van der Waals surface area contributed by atoms with Gasteiger partial charge in [-0.15, -0.1) is 0 Å². The van der Waals surface area contributed by atoms with Gasteiger partial charge in [0, 0.05) is 56.2 Å². The molecule has 2 atom stereocenters. The Morgan fingerprint density at radius 3 is 2.42 bits per heavy atom. The predicted octanol–water partition coefficient (Wildman–Crippen LogP) is 2.46. The van der Waals surface area contributed by atoms with E-state index in [2.05, 4.69) is 23.1 Å². The predicted molar refractivity (Wildman–Crippen MR) is 137 cm³/mol. The molecule has 1 aromatic carbocycles. The fourth-order valence-corrected chi connectivity index (χ4v) is 6.63. The van der Waals surface area contributed by atoms with E-state index in [0.717, 1.165) is 56.7 Å². The van der Waals surface area contributed by atoms with Crippen molar-refractivity contribution in [1.82, 2.24) is 19.6 Å². The van der Waals surface area contributed by atoms with Crippen LogP contribution in [0.1, 0.15) is 59.6 Å². The molecule has 0 N–H and O–H groups in total. The average Bonchev–Trinajstić information content (AvgIpc) is 3.61. The highest BCUT2D eigenvalue weighted by Gasteiger charge is 2.33. The highest BCUT2D eigenvalue weighted by Crippen LogP contribution is 2.32. The molecular formula is C28H37N5O3. The van der Waals surface area contributed by atoms with Crippen LogP contribution in [0.3, 0.4) is 0 Å². The van der Waals surface area contributed by atoms with Crippen LogP contribution in [-0.4, -0.2) is 82.9 Å². The molecular weight excluding hydrogens is 454 g/mol. The highest BCUT2D eigenvalue weighted by atomic mass is 16.5. The summed E-state index contributed by atoms with van der Waals surface area (Å²) in [5.74, 6) is 0.0723. The van der Waals surface area contributed by atoms with Gasteiger partial charge < -0.3 is 19.4 Å². The lowest BCUT2D eigenvalue weighted by molar-refractivity contribution is -0.132. The zero-order valence-electron chi connectivity index (χ0n) is 21.5. The Morgan fingerprint density at radius 1 is 0.917 bits per heavy atom. The van der Waals surface area contributed by atoms with E-state index in [4.69, 9.17) is 9.84 Å². The van der Waals surface area contributed by atoms with Crippen LogP contribution in [0.25, 0.3) is 0 Å². The Bertz CT molecular complexity index is 1160. The molecule has 1 aromatic heterocycles. The molecule has 2 fully saturated rings. The third-order valence-electron chi connectivity index (χ3n) is 8.30. The van der Waals surface area contributed by atoms with Gasteiger partial charge in [0.05, 0.1) is 12.2 Å². The van der Waals surface area contributed by atoms with E-state index in [1.54, 1.807) is 0 Å². The van der Waals surface area contributed by atoms with Gasteiger partial charge in [-0.3, -0.25) is 14.3 Å². The number of carbonyl (C=O) groups excluding carboxylic acids is 2. The molecule has 8 heteroatoms.